The number of hydrogen-bond donors (Lipinski definition) is 0. The van der Waals surface area contributed by atoms with Gasteiger partial charge in [0, 0.05) is 12.8 Å². The summed E-state index contributed by atoms with van der Waals surface area (Å²) in [5.74, 6) is -0.835. The predicted octanol–water partition coefficient (Wildman–Crippen LogP) is 7.88. The maximum Gasteiger partial charge on any atom is 0.306 e. The Morgan fingerprint density at radius 1 is 0.628 bits per heavy atom. The minimum absolute atomic E-state index is 0.0266. The molecule has 0 heterocycles. The van der Waals surface area contributed by atoms with Crippen LogP contribution in [-0.4, -0.2) is 70.0 Å². The second-order valence-electron chi connectivity index (χ2n) is 12.9. The number of carbonyl (C=O) groups excluding carboxylic acids is 2. The van der Waals surface area contributed by atoms with Crippen LogP contribution in [0.5, 0.6) is 0 Å². The van der Waals surface area contributed by atoms with Gasteiger partial charge in [0.25, 0.3) is 7.82 Å². The lowest BCUT2D eigenvalue weighted by atomic mass is 10.1. The number of phosphoric ester groups is 1. The van der Waals surface area contributed by atoms with Crippen LogP contribution >= 0.6 is 7.82 Å². The molecule has 0 saturated heterocycles. The molecule has 0 aliphatic rings. The van der Waals surface area contributed by atoms with Crippen LogP contribution in [0.25, 0.3) is 0 Å². The van der Waals surface area contributed by atoms with Crippen molar-refractivity contribution in [2.45, 2.75) is 155 Å². The molecule has 0 aromatic carbocycles. The number of carbonyl (C=O) groups is 2. The molecular formula is C33H66NO8P. The van der Waals surface area contributed by atoms with E-state index in [4.69, 9.17) is 18.5 Å². The predicted molar refractivity (Wildman–Crippen MR) is 172 cm³/mol. The largest absolute Gasteiger partial charge is 0.756 e. The first kappa shape index (κ1) is 42.0. The summed E-state index contributed by atoms with van der Waals surface area (Å²) in [6, 6.07) is 0. The molecule has 43 heavy (non-hydrogen) atoms. The SMILES string of the molecule is CCCCCCCCCCCCC(=O)OCC(COP(=O)([O-])OCC[N+](C)(C)C)OC(=O)CCCCCCCCCCC. The van der Waals surface area contributed by atoms with Gasteiger partial charge in [0.15, 0.2) is 6.10 Å². The van der Waals surface area contributed by atoms with E-state index in [1.54, 1.807) is 0 Å². The van der Waals surface area contributed by atoms with E-state index < -0.39 is 26.5 Å². The van der Waals surface area contributed by atoms with Gasteiger partial charge in [0.05, 0.1) is 27.7 Å². The second kappa shape index (κ2) is 27.3. The fraction of sp³-hybridized carbons (Fsp3) is 0.939. The highest BCUT2D eigenvalue weighted by atomic mass is 31.2. The van der Waals surface area contributed by atoms with Gasteiger partial charge in [0.2, 0.25) is 0 Å². The molecule has 2 unspecified atom stereocenters. The zero-order valence-corrected chi connectivity index (χ0v) is 29.3. The van der Waals surface area contributed by atoms with Crippen molar-refractivity contribution in [3.05, 3.63) is 0 Å². The lowest BCUT2D eigenvalue weighted by Gasteiger charge is -2.28. The number of hydrogen-bond acceptors (Lipinski definition) is 8. The first-order chi connectivity index (χ1) is 20.5. The summed E-state index contributed by atoms with van der Waals surface area (Å²) in [5, 5.41) is 0. The number of phosphoric acid groups is 1. The maximum absolute atomic E-state index is 12.5. The number of nitrogens with zero attached hydrogens (tertiary/aromatic N) is 1. The summed E-state index contributed by atoms with van der Waals surface area (Å²) in [7, 11) is 1.17. The first-order valence-electron chi connectivity index (χ1n) is 17.2. The average molecular weight is 636 g/mol. The number of likely N-dealkylation sites (N-methyl/N-ethyl adjacent to an activating group) is 1. The second-order valence-corrected chi connectivity index (χ2v) is 14.3. The van der Waals surface area contributed by atoms with Gasteiger partial charge < -0.3 is 27.9 Å². The summed E-state index contributed by atoms with van der Waals surface area (Å²) in [5.41, 5.74) is 0. The van der Waals surface area contributed by atoms with E-state index in [1.165, 1.54) is 77.0 Å². The van der Waals surface area contributed by atoms with Gasteiger partial charge in [-0.1, -0.05) is 123 Å². The zero-order chi connectivity index (χ0) is 32.2. The van der Waals surface area contributed by atoms with Crippen LogP contribution < -0.4 is 4.89 Å². The summed E-state index contributed by atoms with van der Waals surface area (Å²) in [6.45, 7) is 4.17. The van der Waals surface area contributed by atoms with Gasteiger partial charge in [-0.05, 0) is 12.8 Å². The number of esters is 2. The molecule has 0 bridgehead atoms. The Hall–Kier alpha value is -0.990. The molecule has 0 aromatic rings. The molecule has 0 rings (SSSR count). The van der Waals surface area contributed by atoms with Crippen molar-refractivity contribution in [2.24, 2.45) is 0 Å². The van der Waals surface area contributed by atoms with Gasteiger partial charge in [-0.2, -0.15) is 0 Å². The van der Waals surface area contributed by atoms with Gasteiger partial charge in [-0.25, -0.2) is 0 Å². The van der Waals surface area contributed by atoms with Gasteiger partial charge in [-0.3, -0.25) is 14.2 Å². The van der Waals surface area contributed by atoms with E-state index in [0.717, 1.165) is 38.5 Å². The number of quaternary nitrogens is 1. The molecule has 0 fully saturated rings. The molecule has 9 nitrogen and oxygen atoms in total. The highest BCUT2D eigenvalue weighted by Gasteiger charge is 2.21. The molecule has 256 valence electrons. The molecule has 2 atom stereocenters. The molecule has 0 aromatic heterocycles. The van der Waals surface area contributed by atoms with Crippen molar-refractivity contribution in [3.8, 4) is 0 Å². The Balaban J connectivity index is 4.49. The van der Waals surface area contributed by atoms with E-state index in [-0.39, 0.29) is 32.0 Å². The minimum Gasteiger partial charge on any atom is -0.756 e. The van der Waals surface area contributed by atoms with Crippen molar-refractivity contribution in [2.75, 3.05) is 47.5 Å². The monoisotopic (exact) mass is 635 g/mol. The van der Waals surface area contributed by atoms with Crippen molar-refractivity contribution >= 4 is 19.8 Å². The third-order valence-corrected chi connectivity index (χ3v) is 8.34. The van der Waals surface area contributed by atoms with Crippen LogP contribution in [0.15, 0.2) is 0 Å². The average Bonchev–Trinajstić information content (AvgIpc) is 2.93. The molecule has 0 aliphatic carbocycles. The lowest BCUT2D eigenvalue weighted by Crippen LogP contribution is -2.37. The number of rotatable bonds is 31. The third kappa shape index (κ3) is 30.8. The Morgan fingerprint density at radius 3 is 1.49 bits per heavy atom. The Labute approximate surface area is 264 Å². The normalized spacial score (nSPS) is 13.9. The molecule has 0 aliphatic heterocycles. The first-order valence-corrected chi connectivity index (χ1v) is 18.7. The zero-order valence-electron chi connectivity index (χ0n) is 28.4. The highest BCUT2D eigenvalue weighted by Crippen LogP contribution is 2.38. The van der Waals surface area contributed by atoms with Crippen LogP contribution in [0.2, 0.25) is 0 Å². The van der Waals surface area contributed by atoms with Crippen LogP contribution in [0.1, 0.15) is 149 Å². The maximum atomic E-state index is 12.5. The van der Waals surface area contributed by atoms with E-state index in [0.29, 0.717) is 17.4 Å². The fourth-order valence-electron chi connectivity index (χ4n) is 4.59. The summed E-state index contributed by atoms with van der Waals surface area (Å²) in [6.07, 6.45) is 21.4. The van der Waals surface area contributed by atoms with Crippen molar-refractivity contribution in [1.82, 2.24) is 0 Å². The standard InChI is InChI=1S/C33H66NO8P/c1-6-8-10-12-14-16-18-19-21-23-25-32(35)39-29-31(30-41-43(37,38)40-28-27-34(3,4)5)42-33(36)26-24-22-20-17-15-13-11-9-7-2/h31H,6-30H2,1-5H3. The molecule has 0 amide bonds. The summed E-state index contributed by atoms with van der Waals surface area (Å²) >= 11 is 0. The Kier molecular flexibility index (Phi) is 26.7. The van der Waals surface area contributed by atoms with Crippen LogP contribution in [-0.2, 0) is 32.7 Å². The molecular weight excluding hydrogens is 569 g/mol. The van der Waals surface area contributed by atoms with E-state index in [2.05, 4.69) is 13.8 Å². The third-order valence-electron chi connectivity index (χ3n) is 7.38. The fourth-order valence-corrected chi connectivity index (χ4v) is 5.32. The van der Waals surface area contributed by atoms with E-state index >= 15 is 0 Å². The minimum atomic E-state index is -4.60. The van der Waals surface area contributed by atoms with E-state index in [1.807, 2.05) is 21.1 Å². The molecule has 0 saturated carbocycles. The Bertz CT molecular complexity index is 728. The van der Waals surface area contributed by atoms with Crippen LogP contribution in [0.3, 0.4) is 0 Å². The van der Waals surface area contributed by atoms with Gasteiger partial charge >= 0.3 is 11.9 Å². The molecule has 0 radical (unpaired) electrons. The quantitative estimate of drug-likeness (QED) is 0.0327. The van der Waals surface area contributed by atoms with Crippen LogP contribution in [0.4, 0.5) is 0 Å². The molecule has 10 heteroatoms. The molecule has 0 N–H and O–H groups in total. The number of ether oxygens (including phenoxy) is 2. The van der Waals surface area contributed by atoms with Crippen molar-refractivity contribution in [3.63, 3.8) is 0 Å². The van der Waals surface area contributed by atoms with Crippen molar-refractivity contribution in [1.29, 1.82) is 0 Å². The molecule has 0 spiro atoms. The van der Waals surface area contributed by atoms with Crippen molar-refractivity contribution < 1.29 is 42.1 Å². The van der Waals surface area contributed by atoms with Crippen LogP contribution in [0, 0.1) is 0 Å². The van der Waals surface area contributed by atoms with Gasteiger partial charge in [-0.15, -0.1) is 0 Å². The summed E-state index contributed by atoms with van der Waals surface area (Å²) in [4.78, 5) is 37.0. The van der Waals surface area contributed by atoms with E-state index in [9.17, 15) is 19.0 Å². The topological polar surface area (TPSA) is 111 Å². The van der Waals surface area contributed by atoms with Gasteiger partial charge in [0.1, 0.15) is 19.8 Å². The number of unbranched alkanes of at least 4 members (excludes halogenated alkanes) is 17. The highest BCUT2D eigenvalue weighted by molar-refractivity contribution is 7.45. The Morgan fingerprint density at radius 2 is 1.05 bits per heavy atom. The summed E-state index contributed by atoms with van der Waals surface area (Å²) < 4.78 is 33.6. The smallest absolute Gasteiger partial charge is 0.306 e. The lowest BCUT2D eigenvalue weighted by molar-refractivity contribution is -0.870.